The van der Waals surface area contributed by atoms with Gasteiger partial charge in [-0.15, -0.1) is 0 Å². The molecule has 0 aliphatic carbocycles. The van der Waals surface area contributed by atoms with Crippen LogP contribution in [-0.4, -0.2) is 54.5 Å². The molecule has 1 aromatic heterocycles. The van der Waals surface area contributed by atoms with Crippen LogP contribution in [0.25, 0.3) is 0 Å². The summed E-state index contributed by atoms with van der Waals surface area (Å²) in [5.74, 6) is -0.328. The zero-order valence-electron chi connectivity index (χ0n) is 18.6. The molecule has 0 bridgehead atoms. The number of carbonyl (C=O) groups excluding carboxylic acids is 2. The first-order valence-corrected chi connectivity index (χ1v) is 10.9. The lowest BCUT2D eigenvalue weighted by Gasteiger charge is -2.27. The highest BCUT2D eigenvalue weighted by molar-refractivity contribution is 5.94. The van der Waals surface area contributed by atoms with Crippen LogP contribution in [0.1, 0.15) is 42.1 Å². The average Bonchev–Trinajstić information content (AvgIpc) is 2.76. The van der Waals surface area contributed by atoms with Gasteiger partial charge in [0, 0.05) is 51.2 Å². The fraction of sp³-hybridized carbons (Fsp3) is 0.458. The Kier molecular flexibility index (Phi) is 7.50. The summed E-state index contributed by atoms with van der Waals surface area (Å²) in [6, 6.07) is 11.0. The van der Waals surface area contributed by atoms with E-state index in [9.17, 15) is 14.4 Å². The van der Waals surface area contributed by atoms with Gasteiger partial charge in [-0.1, -0.05) is 12.1 Å². The molecule has 2 amide bonds. The SMILES string of the molecule is C[C@@H](Cc1ccc(N(C)C)cc1)NC(=O)c1ccc(=O)n(CC(=O)N2CCCCC2)c1. The quantitative estimate of drug-likeness (QED) is 0.740. The molecule has 0 saturated carbocycles. The monoisotopic (exact) mass is 424 g/mol. The van der Waals surface area contributed by atoms with E-state index in [0.717, 1.165) is 43.6 Å². The molecule has 2 aromatic rings. The van der Waals surface area contributed by atoms with E-state index in [-0.39, 0.29) is 30.0 Å². The molecule has 0 spiro atoms. The maximum atomic E-state index is 12.7. The third-order valence-corrected chi connectivity index (χ3v) is 5.63. The van der Waals surface area contributed by atoms with Gasteiger partial charge in [0.1, 0.15) is 6.54 Å². The second-order valence-electron chi connectivity index (χ2n) is 8.46. The molecule has 1 aliphatic heterocycles. The van der Waals surface area contributed by atoms with Gasteiger partial charge in [0.2, 0.25) is 5.91 Å². The summed E-state index contributed by atoms with van der Waals surface area (Å²) < 4.78 is 1.33. The lowest BCUT2D eigenvalue weighted by Crippen LogP contribution is -2.40. The second kappa shape index (κ2) is 10.3. The molecule has 31 heavy (non-hydrogen) atoms. The van der Waals surface area contributed by atoms with E-state index in [2.05, 4.69) is 29.6 Å². The largest absolute Gasteiger partial charge is 0.378 e. The van der Waals surface area contributed by atoms with Gasteiger partial charge in [0.15, 0.2) is 0 Å². The highest BCUT2D eigenvalue weighted by atomic mass is 16.2. The number of aromatic nitrogens is 1. The fourth-order valence-electron chi connectivity index (χ4n) is 3.82. The van der Waals surface area contributed by atoms with Gasteiger partial charge in [-0.3, -0.25) is 14.4 Å². The molecule has 1 saturated heterocycles. The van der Waals surface area contributed by atoms with Gasteiger partial charge in [-0.2, -0.15) is 0 Å². The minimum Gasteiger partial charge on any atom is -0.378 e. The van der Waals surface area contributed by atoms with E-state index >= 15 is 0 Å². The van der Waals surface area contributed by atoms with Gasteiger partial charge in [0.05, 0.1) is 5.56 Å². The van der Waals surface area contributed by atoms with Crippen LogP contribution in [0.2, 0.25) is 0 Å². The molecule has 1 atom stereocenters. The van der Waals surface area contributed by atoms with Crippen molar-refractivity contribution in [1.29, 1.82) is 0 Å². The molecular formula is C24H32N4O3. The van der Waals surface area contributed by atoms with Gasteiger partial charge in [-0.05, 0) is 56.4 Å². The highest BCUT2D eigenvalue weighted by Crippen LogP contribution is 2.14. The number of amides is 2. The standard InChI is InChI=1S/C24H32N4O3/c1-18(15-19-7-10-21(11-8-19)26(2)3)25-24(31)20-9-12-22(29)28(16-20)17-23(30)27-13-5-4-6-14-27/h7-12,16,18H,4-6,13-15,17H2,1-3H3,(H,25,31)/t18-/m0/s1. The topological polar surface area (TPSA) is 74.6 Å². The van der Waals surface area contributed by atoms with E-state index in [1.165, 1.54) is 22.9 Å². The number of benzene rings is 1. The van der Waals surface area contributed by atoms with E-state index in [4.69, 9.17) is 0 Å². The molecular weight excluding hydrogens is 392 g/mol. The maximum Gasteiger partial charge on any atom is 0.252 e. The zero-order chi connectivity index (χ0) is 22.4. The van der Waals surface area contributed by atoms with E-state index in [0.29, 0.717) is 12.0 Å². The van der Waals surface area contributed by atoms with Crippen molar-refractivity contribution in [3.8, 4) is 0 Å². The molecule has 166 valence electrons. The van der Waals surface area contributed by atoms with Crippen LogP contribution >= 0.6 is 0 Å². The van der Waals surface area contributed by atoms with Crippen molar-refractivity contribution in [2.75, 3.05) is 32.1 Å². The molecule has 1 aliphatic rings. The Morgan fingerprint density at radius 2 is 1.71 bits per heavy atom. The van der Waals surface area contributed by atoms with Gasteiger partial charge >= 0.3 is 0 Å². The number of carbonyl (C=O) groups is 2. The Hall–Kier alpha value is -3.09. The Balaban J connectivity index is 1.61. The van der Waals surface area contributed by atoms with Crippen LogP contribution in [0.5, 0.6) is 0 Å². The van der Waals surface area contributed by atoms with Crippen molar-refractivity contribution >= 4 is 17.5 Å². The van der Waals surface area contributed by atoms with Gasteiger partial charge in [0.25, 0.3) is 11.5 Å². The summed E-state index contributed by atoms with van der Waals surface area (Å²) in [5, 5.41) is 2.99. The smallest absolute Gasteiger partial charge is 0.252 e. The average molecular weight is 425 g/mol. The summed E-state index contributed by atoms with van der Waals surface area (Å²) >= 11 is 0. The van der Waals surface area contributed by atoms with Crippen LogP contribution in [0.4, 0.5) is 5.69 Å². The molecule has 1 fully saturated rings. The minimum atomic E-state index is -0.282. The lowest BCUT2D eigenvalue weighted by molar-refractivity contribution is -0.132. The third kappa shape index (κ3) is 6.20. The van der Waals surface area contributed by atoms with Crippen molar-refractivity contribution in [3.05, 3.63) is 64.1 Å². The number of hydrogen-bond donors (Lipinski definition) is 1. The summed E-state index contributed by atoms with van der Waals surface area (Å²) in [6.45, 7) is 3.39. The molecule has 3 rings (SSSR count). The number of nitrogens with zero attached hydrogens (tertiary/aromatic N) is 3. The summed E-state index contributed by atoms with van der Waals surface area (Å²) in [5.41, 5.74) is 2.36. The Morgan fingerprint density at radius 1 is 1.03 bits per heavy atom. The number of pyridine rings is 1. The summed E-state index contributed by atoms with van der Waals surface area (Å²) in [7, 11) is 3.99. The highest BCUT2D eigenvalue weighted by Gasteiger charge is 2.18. The number of anilines is 1. The first-order valence-electron chi connectivity index (χ1n) is 10.9. The van der Waals surface area contributed by atoms with Gasteiger partial charge < -0.3 is 19.7 Å². The number of piperidine rings is 1. The van der Waals surface area contributed by atoms with E-state index in [1.807, 2.05) is 25.9 Å². The number of likely N-dealkylation sites (tertiary alicyclic amines) is 1. The normalized spacial score (nSPS) is 14.7. The molecule has 7 nitrogen and oxygen atoms in total. The first kappa shape index (κ1) is 22.6. The maximum absolute atomic E-state index is 12.7. The summed E-state index contributed by atoms with van der Waals surface area (Å²) in [6.07, 6.45) is 5.32. The minimum absolute atomic E-state index is 0.0340. The van der Waals surface area contributed by atoms with Crippen LogP contribution < -0.4 is 15.8 Å². The predicted octanol–water partition coefficient (Wildman–Crippen LogP) is 2.29. The number of hydrogen-bond acceptors (Lipinski definition) is 4. The van der Waals surface area contributed by atoms with Crippen molar-refractivity contribution in [2.45, 2.75) is 45.2 Å². The second-order valence-corrected chi connectivity index (χ2v) is 8.46. The van der Waals surface area contributed by atoms with Crippen LogP contribution in [0, 0.1) is 0 Å². The third-order valence-electron chi connectivity index (χ3n) is 5.63. The summed E-state index contributed by atoms with van der Waals surface area (Å²) in [4.78, 5) is 41.3. The Bertz CT molecular complexity index is 960. The van der Waals surface area contributed by atoms with Crippen molar-refractivity contribution in [1.82, 2.24) is 14.8 Å². The zero-order valence-corrected chi connectivity index (χ0v) is 18.6. The molecule has 0 radical (unpaired) electrons. The fourth-order valence-corrected chi connectivity index (χ4v) is 3.82. The Morgan fingerprint density at radius 3 is 2.35 bits per heavy atom. The number of nitrogens with one attached hydrogen (secondary N) is 1. The van der Waals surface area contributed by atoms with Gasteiger partial charge in [-0.25, -0.2) is 0 Å². The van der Waals surface area contributed by atoms with Crippen molar-refractivity contribution in [3.63, 3.8) is 0 Å². The van der Waals surface area contributed by atoms with Crippen molar-refractivity contribution in [2.24, 2.45) is 0 Å². The van der Waals surface area contributed by atoms with Crippen molar-refractivity contribution < 1.29 is 9.59 Å². The molecule has 1 aromatic carbocycles. The molecule has 1 N–H and O–H groups in total. The molecule has 0 unspecified atom stereocenters. The predicted molar refractivity (Wildman–Crippen MR) is 123 cm³/mol. The van der Waals surface area contributed by atoms with Crippen LogP contribution in [0.15, 0.2) is 47.4 Å². The van der Waals surface area contributed by atoms with E-state index in [1.54, 1.807) is 4.90 Å². The van der Waals surface area contributed by atoms with Crippen LogP contribution in [-0.2, 0) is 17.8 Å². The first-order chi connectivity index (χ1) is 14.8. The lowest BCUT2D eigenvalue weighted by atomic mass is 10.1. The molecule has 2 heterocycles. The number of rotatable bonds is 7. The Labute approximate surface area is 183 Å². The molecule has 7 heteroatoms. The van der Waals surface area contributed by atoms with Crippen LogP contribution in [0.3, 0.4) is 0 Å². The van der Waals surface area contributed by atoms with E-state index < -0.39 is 0 Å².